The van der Waals surface area contributed by atoms with E-state index in [2.05, 4.69) is 78.9 Å². The summed E-state index contributed by atoms with van der Waals surface area (Å²) in [6.07, 6.45) is 0. The molecule has 0 bridgehead atoms. The number of ether oxygens (including phenoxy) is 1. The van der Waals surface area contributed by atoms with Crippen LogP contribution in [0.2, 0.25) is 0 Å². The van der Waals surface area contributed by atoms with Crippen LogP contribution in [0.3, 0.4) is 0 Å². The summed E-state index contributed by atoms with van der Waals surface area (Å²) in [5.74, 6) is 1.74. The Balaban J connectivity index is 1.55. The van der Waals surface area contributed by atoms with Crippen molar-refractivity contribution in [1.29, 1.82) is 0 Å². The van der Waals surface area contributed by atoms with Crippen molar-refractivity contribution in [2.45, 2.75) is 44.3 Å². The van der Waals surface area contributed by atoms with Gasteiger partial charge in [-0.2, -0.15) is 0 Å². The molecule has 6 rings (SSSR count). The maximum absolute atomic E-state index is 6.38. The number of fused-ring (bicyclic) bond motifs is 2. The second-order valence-electron chi connectivity index (χ2n) is 10.2. The Morgan fingerprint density at radius 3 is 1.51 bits per heavy atom. The van der Waals surface area contributed by atoms with E-state index >= 15 is 0 Å². The lowest BCUT2D eigenvalue weighted by atomic mass is 9.63. The molecule has 0 unspecified atom stereocenters. The fourth-order valence-corrected chi connectivity index (χ4v) is 5.06. The highest BCUT2D eigenvalue weighted by Crippen LogP contribution is 2.55. The van der Waals surface area contributed by atoms with Crippen LogP contribution in [0, 0.1) is 0 Å². The lowest BCUT2D eigenvalue weighted by molar-refractivity contribution is -0.0273. The van der Waals surface area contributed by atoms with Crippen LogP contribution in [0.4, 0.5) is 5.69 Å². The largest absolute Gasteiger partial charge is 0.457 e. The van der Waals surface area contributed by atoms with E-state index in [-0.39, 0.29) is 0 Å². The topological polar surface area (TPSA) is 30.9 Å². The molecule has 0 atom stereocenters. The maximum Gasteiger partial charge on any atom is 0.132 e. The first-order chi connectivity index (χ1) is 16.8. The SMILES string of the molecule is CC1(C)ON(c2ccc(C3(c4ccccc4)c4ccccc4Oc4ccccc43)cc2)OC1(C)C. The molecule has 0 spiro atoms. The second-order valence-corrected chi connectivity index (χ2v) is 10.2. The molecule has 4 aromatic carbocycles. The van der Waals surface area contributed by atoms with Crippen LogP contribution in [0.25, 0.3) is 0 Å². The normalized spacial score (nSPS) is 18.9. The first kappa shape index (κ1) is 21.9. The average Bonchev–Trinajstić information content (AvgIpc) is 3.10. The van der Waals surface area contributed by atoms with Gasteiger partial charge in [-0.1, -0.05) is 78.9 Å². The summed E-state index contributed by atoms with van der Waals surface area (Å²) in [4.78, 5) is 12.3. The number of anilines is 1. The molecule has 1 saturated heterocycles. The third-order valence-electron chi connectivity index (χ3n) is 7.59. The monoisotopic (exact) mass is 463 g/mol. The Bertz CT molecular complexity index is 1310. The molecule has 0 saturated carbocycles. The van der Waals surface area contributed by atoms with E-state index in [1.54, 1.807) is 5.23 Å². The van der Waals surface area contributed by atoms with E-state index < -0.39 is 16.6 Å². The molecular formula is C31H29NO3. The Labute approximate surface area is 206 Å². The zero-order valence-electron chi connectivity index (χ0n) is 20.5. The average molecular weight is 464 g/mol. The molecule has 4 nitrogen and oxygen atoms in total. The van der Waals surface area contributed by atoms with Crippen molar-refractivity contribution in [3.63, 3.8) is 0 Å². The van der Waals surface area contributed by atoms with Crippen molar-refractivity contribution in [1.82, 2.24) is 0 Å². The number of rotatable bonds is 3. The van der Waals surface area contributed by atoms with Crippen LogP contribution >= 0.6 is 0 Å². The van der Waals surface area contributed by atoms with Gasteiger partial charge in [-0.25, -0.2) is 9.68 Å². The van der Waals surface area contributed by atoms with Crippen LogP contribution in [-0.4, -0.2) is 11.2 Å². The molecule has 0 aliphatic carbocycles. The second kappa shape index (κ2) is 7.70. The summed E-state index contributed by atoms with van der Waals surface area (Å²) >= 11 is 0. The van der Waals surface area contributed by atoms with Gasteiger partial charge in [0.2, 0.25) is 0 Å². The quantitative estimate of drug-likeness (QED) is 0.279. The van der Waals surface area contributed by atoms with E-state index in [9.17, 15) is 0 Å². The predicted octanol–water partition coefficient (Wildman–Crippen LogP) is 7.42. The summed E-state index contributed by atoms with van der Waals surface area (Å²) in [6.45, 7) is 8.17. The number of para-hydroxylation sites is 2. The number of hydrogen-bond acceptors (Lipinski definition) is 4. The summed E-state index contributed by atoms with van der Waals surface area (Å²) in [5.41, 5.74) is 3.99. The number of benzene rings is 4. The molecule has 0 radical (unpaired) electrons. The summed E-state index contributed by atoms with van der Waals surface area (Å²) in [6, 6.07) is 35.8. The van der Waals surface area contributed by atoms with Crippen molar-refractivity contribution in [3.05, 3.63) is 125 Å². The van der Waals surface area contributed by atoms with Gasteiger partial charge in [0.15, 0.2) is 0 Å². The van der Waals surface area contributed by atoms with E-state index in [0.717, 1.165) is 33.9 Å². The third kappa shape index (κ3) is 3.21. The fraction of sp³-hybridized carbons (Fsp3) is 0.226. The van der Waals surface area contributed by atoms with Gasteiger partial charge in [0.05, 0.1) is 11.1 Å². The first-order valence-corrected chi connectivity index (χ1v) is 12.0. The highest BCUT2D eigenvalue weighted by molar-refractivity contribution is 5.69. The zero-order chi connectivity index (χ0) is 24.3. The van der Waals surface area contributed by atoms with Gasteiger partial charge in [-0.3, -0.25) is 0 Å². The van der Waals surface area contributed by atoms with Crippen molar-refractivity contribution in [2.24, 2.45) is 0 Å². The molecule has 0 N–H and O–H groups in total. The molecule has 176 valence electrons. The van der Waals surface area contributed by atoms with Crippen molar-refractivity contribution >= 4 is 5.69 Å². The molecule has 4 heteroatoms. The summed E-state index contributed by atoms with van der Waals surface area (Å²) in [5, 5.41) is 1.55. The fourth-order valence-electron chi connectivity index (χ4n) is 5.06. The van der Waals surface area contributed by atoms with Crippen LogP contribution in [0.5, 0.6) is 11.5 Å². The minimum atomic E-state index is -0.531. The zero-order valence-corrected chi connectivity index (χ0v) is 20.5. The molecule has 0 aromatic heterocycles. The van der Waals surface area contributed by atoms with Gasteiger partial charge < -0.3 is 4.74 Å². The summed E-state index contributed by atoms with van der Waals surface area (Å²) < 4.78 is 6.38. The van der Waals surface area contributed by atoms with E-state index in [0.29, 0.717) is 0 Å². The predicted molar refractivity (Wildman–Crippen MR) is 138 cm³/mol. The highest BCUT2D eigenvalue weighted by atomic mass is 17.0. The maximum atomic E-state index is 6.38. The van der Waals surface area contributed by atoms with E-state index in [4.69, 9.17) is 14.4 Å². The molecule has 2 aliphatic rings. The molecule has 2 heterocycles. The van der Waals surface area contributed by atoms with E-state index in [1.165, 1.54) is 5.56 Å². The Morgan fingerprint density at radius 1 is 0.514 bits per heavy atom. The molecule has 35 heavy (non-hydrogen) atoms. The van der Waals surface area contributed by atoms with Crippen molar-refractivity contribution in [3.8, 4) is 11.5 Å². The van der Waals surface area contributed by atoms with Crippen LogP contribution in [-0.2, 0) is 15.1 Å². The molecule has 0 amide bonds. The lowest BCUT2D eigenvalue weighted by Gasteiger charge is -2.41. The van der Waals surface area contributed by atoms with Gasteiger partial charge in [0, 0.05) is 11.1 Å². The molecular weight excluding hydrogens is 434 g/mol. The van der Waals surface area contributed by atoms with Crippen LogP contribution in [0.1, 0.15) is 49.9 Å². The smallest absolute Gasteiger partial charge is 0.132 e. The minimum Gasteiger partial charge on any atom is -0.457 e. The molecule has 1 fully saturated rings. The van der Waals surface area contributed by atoms with Gasteiger partial charge in [-0.15, -0.1) is 5.23 Å². The van der Waals surface area contributed by atoms with Crippen LogP contribution in [0.15, 0.2) is 103 Å². The molecule has 4 aromatic rings. The minimum absolute atomic E-state index is 0.449. The van der Waals surface area contributed by atoms with Gasteiger partial charge in [0.1, 0.15) is 22.7 Å². The van der Waals surface area contributed by atoms with E-state index in [1.807, 2.05) is 52.0 Å². The Morgan fingerprint density at radius 2 is 0.971 bits per heavy atom. The Kier molecular flexibility index (Phi) is 4.82. The van der Waals surface area contributed by atoms with Gasteiger partial charge >= 0.3 is 0 Å². The van der Waals surface area contributed by atoms with Crippen LogP contribution < -0.4 is 9.96 Å². The van der Waals surface area contributed by atoms with Gasteiger partial charge in [-0.05, 0) is 63.1 Å². The standard InChI is InChI=1S/C31H29NO3/c1-29(2)30(3,4)35-32(34-29)24-20-18-23(19-21-24)31(22-12-6-5-7-13-22)25-14-8-10-16-27(25)33-28-17-11-9-15-26(28)31/h5-21H,1-4H3. The number of nitrogens with zero attached hydrogens (tertiary/aromatic N) is 1. The molecule has 2 aliphatic heterocycles. The number of hydrogen-bond donors (Lipinski definition) is 0. The summed E-state index contributed by atoms with van der Waals surface area (Å²) in [7, 11) is 0. The van der Waals surface area contributed by atoms with Gasteiger partial charge in [0.25, 0.3) is 0 Å². The van der Waals surface area contributed by atoms with Crippen molar-refractivity contribution < 1.29 is 14.4 Å². The lowest BCUT2D eigenvalue weighted by Crippen LogP contribution is -2.41. The first-order valence-electron chi connectivity index (χ1n) is 12.0. The third-order valence-corrected chi connectivity index (χ3v) is 7.59. The van der Waals surface area contributed by atoms with Crippen molar-refractivity contribution in [2.75, 3.05) is 5.23 Å². The highest BCUT2D eigenvalue weighted by Gasteiger charge is 2.50. The Hall–Kier alpha value is -3.60.